The molecule has 2 aromatic heterocycles. The quantitative estimate of drug-likeness (QED) is 0.331. The predicted molar refractivity (Wildman–Crippen MR) is 129 cm³/mol. The molecule has 0 spiro atoms. The summed E-state index contributed by atoms with van der Waals surface area (Å²) in [4.78, 5) is 18.5. The van der Waals surface area contributed by atoms with Gasteiger partial charge in [-0.3, -0.25) is 9.36 Å². The molecule has 2 heterocycles. The van der Waals surface area contributed by atoms with Crippen LogP contribution in [0.25, 0.3) is 33.8 Å². The van der Waals surface area contributed by atoms with Gasteiger partial charge in [0.25, 0.3) is 5.56 Å². The van der Waals surface area contributed by atoms with E-state index in [-0.39, 0.29) is 5.56 Å². The molecular formula is C23H14Cl3N5O. The smallest absolute Gasteiger partial charge is 0.269 e. The van der Waals surface area contributed by atoms with E-state index in [0.717, 1.165) is 5.69 Å². The van der Waals surface area contributed by atoms with Crippen molar-refractivity contribution < 1.29 is 0 Å². The Bertz CT molecular complexity index is 1520. The van der Waals surface area contributed by atoms with Gasteiger partial charge >= 0.3 is 0 Å². The molecule has 0 radical (unpaired) electrons. The van der Waals surface area contributed by atoms with Crippen LogP contribution in [-0.4, -0.2) is 19.3 Å². The third-order valence-electron chi connectivity index (χ3n) is 5.00. The van der Waals surface area contributed by atoms with Gasteiger partial charge in [0.15, 0.2) is 11.5 Å². The second-order valence-corrected chi connectivity index (χ2v) is 8.34. The van der Waals surface area contributed by atoms with E-state index in [1.54, 1.807) is 59.3 Å². The van der Waals surface area contributed by atoms with E-state index in [4.69, 9.17) is 45.5 Å². The van der Waals surface area contributed by atoms with Crippen LogP contribution in [-0.2, 0) is 0 Å². The van der Waals surface area contributed by atoms with Crippen LogP contribution in [0.2, 0.25) is 15.1 Å². The number of hydrogen-bond donors (Lipinski definition) is 1. The first-order valence-corrected chi connectivity index (χ1v) is 10.6. The lowest BCUT2D eigenvalue weighted by molar-refractivity contribution is 0.889. The molecular weight excluding hydrogens is 469 g/mol. The zero-order chi connectivity index (χ0) is 22.4. The fraction of sp³-hybridized carbons (Fsp3) is 0. The number of nitrogen functional groups attached to an aromatic ring is 1. The van der Waals surface area contributed by atoms with Crippen LogP contribution in [0.15, 0.2) is 77.7 Å². The highest BCUT2D eigenvalue weighted by Gasteiger charge is 2.20. The number of nitrogens with zero attached hydrogens (tertiary/aromatic N) is 4. The van der Waals surface area contributed by atoms with Crippen molar-refractivity contribution in [2.75, 3.05) is 5.73 Å². The van der Waals surface area contributed by atoms with Crippen LogP contribution in [0.1, 0.15) is 0 Å². The maximum Gasteiger partial charge on any atom is 0.269 e. The second-order valence-electron chi connectivity index (χ2n) is 7.06. The summed E-state index contributed by atoms with van der Waals surface area (Å²) in [5.41, 5.74) is 8.40. The van der Waals surface area contributed by atoms with Gasteiger partial charge in [-0.05, 0) is 66.7 Å². The monoisotopic (exact) mass is 481 g/mol. The lowest BCUT2D eigenvalue weighted by Crippen LogP contribution is -2.22. The molecule has 5 rings (SSSR count). The van der Waals surface area contributed by atoms with Gasteiger partial charge in [0, 0.05) is 21.3 Å². The maximum absolute atomic E-state index is 13.6. The number of anilines is 1. The van der Waals surface area contributed by atoms with Gasteiger partial charge in [-0.2, -0.15) is 5.10 Å². The highest BCUT2D eigenvalue weighted by Crippen LogP contribution is 2.31. The Morgan fingerprint density at radius 3 is 2.16 bits per heavy atom. The van der Waals surface area contributed by atoms with Crippen molar-refractivity contribution in [2.24, 2.45) is 0 Å². The minimum Gasteiger partial charge on any atom is -0.399 e. The standard InChI is InChI=1S/C23H14Cl3N5O/c24-13-1-6-16(7-2-13)30-21(18-10-3-14(25)11-20(18)26)29-22-19(23(30)32)12-28-31(22)17-8-4-15(27)5-9-17/h1-12H,27H2. The highest BCUT2D eigenvalue weighted by molar-refractivity contribution is 6.36. The topological polar surface area (TPSA) is 78.7 Å². The number of aromatic nitrogens is 4. The van der Waals surface area contributed by atoms with Crippen molar-refractivity contribution in [2.45, 2.75) is 0 Å². The zero-order valence-electron chi connectivity index (χ0n) is 16.3. The molecule has 0 aliphatic heterocycles. The highest BCUT2D eigenvalue weighted by atomic mass is 35.5. The SMILES string of the molecule is Nc1ccc(-n2ncc3c(=O)n(-c4ccc(Cl)cc4)c(-c4ccc(Cl)cc4Cl)nc32)cc1. The first-order chi connectivity index (χ1) is 15.4. The minimum absolute atomic E-state index is 0.292. The van der Waals surface area contributed by atoms with Crippen LogP contribution in [0.5, 0.6) is 0 Å². The van der Waals surface area contributed by atoms with E-state index < -0.39 is 0 Å². The average Bonchev–Trinajstić information content (AvgIpc) is 3.19. The van der Waals surface area contributed by atoms with Crippen LogP contribution in [0.4, 0.5) is 5.69 Å². The van der Waals surface area contributed by atoms with Crippen LogP contribution in [0, 0.1) is 0 Å². The molecule has 6 nitrogen and oxygen atoms in total. The summed E-state index contributed by atoms with van der Waals surface area (Å²) in [7, 11) is 0. The molecule has 0 aliphatic rings. The number of fused-ring (bicyclic) bond motifs is 1. The molecule has 0 aliphatic carbocycles. The Balaban J connectivity index is 1.86. The number of halogens is 3. The zero-order valence-corrected chi connectivity index (χ0v) is 18.6. The van der Waals surface area contributed by atoms with Crippen molar-refractivity contribution in [1.29, 1.82) is 0 Å². The molecule has 0 saturated carbocycles. The number of benzene rings is 3. The Kier molecular flexibility index (Phi) is 5.13. The molecule has 158 valence electrons. The van der Waals surface area contributed by atoms with E-state index in [1.807, 2.05) is 12.1 Å². The molecule has 0 bridgehead atoms. The third kappa shape index (κ3) is 3.52. The van der Waals surface area contributed by atoms with Gasteiger partial charge in [-0.15, -0.1) is 0 Å². The van der Waals surface area contributed by atoms with E-state index in [0.29, 0.717) is 48.9 Å². The summed E-state index contributed by atoms with van der Waals surface area (Å²) in [6.45, 7) is 0. The van der Waals surface area contributed by atoms with Crippen molar-refractivity contribution in [3.8, 4) is 22.8 Å². The van der Waals surface area contributed by atoms with Gasteiger partial charge in [-0.25, -0.2) is 9.67 Å². The van der Waals surface area contributed by atoms with Crippen molar-refractivity contribution >= 4 is 51.5 Å². The molecule has 0 atom stereocenters. The molecule has 5 aromatic rings. The summed E-state index contributed by atoms with van der Waals surface area (Å²) >= 11 is 18.7. The van der Waals surface area contributed by atoms with Gasteiger partial charge in [0.2, 0.25) is 0 Å². The minimum atomic E-state index is -0.292. The summed E-state index contributed by atoms with van der Waals surface area (Å²) in [6, 6.07) is 19.1. The van der Waals surface area contributed by atoms with E-state index in [9.17, 15) is 4.79 Å². The summed E-state index contributed by atoms with van der Waals surface area (Å²) in [5.74, 6) is 0.351. The summed E-state index contributed by atoms with van der Waals surface area (Å²) in [5, 5.41) is 6.15. The molecule has 32 heavy (non-hydrogen) atoms. The van der Waals surface area contributed by atoms with Gasteiger partial charge in [0.1, 0.15) is 5.39 Å². The molecule has 0 fully saturated rings. The largest absolute Gasteiger partial charge is 0.399 e. The summed E-state index contributed by atoms with van der Waals surface area (Å²) in [6.07, 6.45) is 1.50. The maximum atomic E-state index is 13.6. The second kappa shape index (κ2) is 7.98. The van der Waals surface area contributed by atoms with Gasteiger partial charge < -0.3 is 5.73 Å². The van der Waals surface area contributed by atoms with Crippen LogP contribution >= 0.6 is 34.8 Å². The Morgan fingerprint density at radius 2 is 1.47 bits per heavy atom. The Hall–Kier alpha value is -3.32. The fourth-order valence-corrected chi connectivity index (χ4v) is 4.07. The number of nitrogens with two attached hydrogens (primary N) is 1. The molecule has 2 N–H and O–H groups in total. The Labute approximate surface area is 197 Å². The van der Waals surface area contributed by atoms with Crippen LogP contribution in [0.3, 0.4) is 0 Å². The molecule has 3 aromatic carbocycles. The van der Waals surface area contributed by atoms with Gasteiger partial charge in [0.05, 0.1) is 22.6 Å². The predicted octanol–water partition coefficient (Wildman–Crippen LogP) is 5.78. The molecule has 0 amide bonds. The van der Waals surface area contributed by atoms with E-state index >= 15 is 0 Å². The lowest BCUT2D eigenvalue weighted by Gasteiger charge is -2.14. The number of hydrogen-bond acceptors (Lipinski definition) is 4. The molecule has 0 saturated heterocycles. The van der Waals surface area contributed by atoms with Crippen molar-refractivity contribution in [3.63, 3.8) is 0 Å². The summed E-state index contributed by atoms with van der Waals surface area (Å²) < 4.78 is 3.08. The van der Waals surface area contributed by atoms with E-state index in [2.05, 4.69) is 5.10 Å². The number of rotatable bonds is 3. The first-order valence-electron chi connectivity index (χ1n) is 9.50. The normalized spacial score (nSPS) is 11.2. The van der Waals surface area contributed by atoms with Crippen molar-refractivity contribution in [1.82, 2.24) is 19.3 Å². The fourth-order valence-electron chi connectivity index (χ4n) is 3.45. The molecule has 0 unspecified atom stereocenters. The average molecular weight is 483 g/mol. The van der Waals surface area contributed by atoms with Gasteiger partial charge in [-0.1, -0.05) is 34.8 Å². The molecule has 9 heteroatoms. The van der Waals surface area contributed by atoms with E-state index in [1.165, 1.54) is 10.8 Å². The lowest BCUT2D eigenvalue weighted by atomic mass is 10.2. The third-order valence-corrected chi connectivity index (χ3v) is 5.80. The van der Waals surface area contributed by atoms with Crippen LogP contribution < -0.4 is 11.3 Å². The Morgan fingerprint density at radius 1 is 0.812 bits per heavy atom. The van der Waals surface area contributed by atoms with Crippen molar-refractivity contribution in [3.05, 3.63) is 98.3 Å². The first kappa shape index (κ1) is 20.6.